The lowest BCUT2D eigenvalue weighted by atomic mass is 9.90. The van der Waals surface area contributed by atoms with Crippen LogP contribution in [0, 0.1) is 5.41 Å². The molecule has 0 bridgehead atoms. The SMILES string of the molecule is CNCC1CCCCN1C(=O)CC(C)(C)C. The second-order valence-electron chi connectivity index (χ2n) is 6.03. The third kappa shape index (κ3) is 4.12. The van der Waals surface area contributed by atoms with E-state index < -0.39 is 0 Å². The quantitative estimate of drug-likeness (QED) is 0.798. The van der Waals surface area contributed by atoms with Gasteiger partial charge < -0.3 is 10.2 Å². The number of carbonyl (C=O) groups is 1. The predicted molar refractivity (Wildman–Crippen MR) is 67.4 cm³/mol. The second kappa shape index (κ2) is 5.67. The average molecular weight is 226 g/mol. The molecular weight excluding hydrogens is 200 g/mol. The normalized spacial score (nSPS) is 22.2. The number of amides is 1. The molecule has 1 saturated heterocycles. The van der Waals surface area contributed by atoms with Crippen LogP contribution in [-0.2, 0) is 4.79 Å². The first-order valence-corrected chi connectivity index (χ1v) is 6.38. The molecule has 0 aromatic heterocycles. The highest BCUT2D eigenvalue weighted by Crippen LogP contribution is 2.23. The molecule has 3 nitrogen and oxygen atoms in total. The zero-order chi connectivity index (χ0) is 12.2. The van der Waals surface area contributed by atoms with Gasteiger partial charge in [-0.15, -0.1) is 0 Å². The van der Waals surface area contributed by atoms with Gasteiger partial charge in [0.05, 0.1) is 0 Å². The van der Waals surface area contributed by atoms with Crippen molar-refractivity contribution in [2.75, 3.05) is 20.1 Å². The number of nitrogens with one attached hydrogen (secondary N) is 1. The highest BCUT2D eigenvalue weighted by molar-refractivity contribution is 5.77. The molecule has 0 aliphatic carbocycles. The molecule has 1 N–H and O–H groups in total. The van der Waals surface area contributed by atoms with E-state index in [2.05, 4.69) is 31.0 Å². The van der Waals surface area contributed by atoms with Gasteiger partial charge >= 0.3 is 0 Å². The van der Waals surface area contributed by atoms with Crippen LogP contribution in [-0.4, -0.2) is 37.0 Å². The van der Waals surface area contributed by atoms with Gasteiger partial charge in [-0.3, -0.25) is 4.79 Å². The number of piperidine rings is 1. The molecule has 1 unspecified atom stereocenters. The van der Waals surface area contributed by atoms with Crippen LogP contribution < -0.4 is 5.32 Å². The maximum Gasteiger partial charge on any atom is 0.223 e. The van der Waals surface area contributed by atoms with E-state index in [4.69, 9.17) is 0 Å². The Morgan fingerprint density at radius 3 is 2.62 bits per heavy atom. The van der Waals surface area contributed by atoms with Crippen LogP contribution >= 0.6 is 0 Å². The van der Waals surface area contributed by atoms with Gasteiger partial charge in [0.25, 0.3) is 0 Å². The van der Waals surface area contributed by atoms with Crippen molar-refractivity contribution in [1.29, 1.82) is 0 Å². The first-order chi connectivity index (χ1) is 7.44. The summed E-state index contributed by atoms with van der Waals surface area (Å²) < 4.78 is 0. The van der Waals surface area contributed by atoms with Crippen molar-refractivity contribution < 1.29 is 4.79 Å². The summed E-state index contributed by atoms with van der Waals surface area (Å²) in [4.78, 5) is 14.3. The Morgan fingerprint density at radius 1 is 1.38 bits per heavy atom. The molecule has 3 heteroatoms. The molecule has 0 aromatic carbocycles. The molecule has 1 amide bonds. The van der Waals surface area contributed by atoms with Crippen LogP contribution in [0.25, 0.3) is 0 Å². The molecule has 16 heavy (non-hydrogen) atoms. The first-order valence-electron chi connectivity index (χ1n) is 6.38. The van der Waals surface area contributed by atoms with Crippen molar-refractivity contribution in [3.63, 3.8) is 0 Å². The summed E-state index contributed by atoms with van der Waals surface area (Å²) in [5, 5.41) is 3.19. The summed E-state index contributed by atoms with van der Waals surface area (Å²) in [5.41, 5.74) is 0.0960. The van der Waals surface area contributed by atoms with Gasteiger partial charge in [-0.1, -0.05) is 20.8 Å². The Labute approximate surface area is 99.6 Å². The van der Waals surface area contributed by atoms with Gasteiger partial charge in [-0.25, -0.2) is 0 Å². The summed E-state index contributed by atoms with van der Waals surface area (Å²) in [6.07, 6.45) is 4.23. The zero-order valence-corrected chi connectivity index (χ0v) is 11.2. The number of rotatable bonds is 3. The van der Waals surface area contributed by atoms with Gasteiger partial charge in [0.2, 0.25) is 5.91 Å². The van der Waals surface area contributed by atoms with E-state index >= 15 is 0 Å². The number of likely N-dealkylation sites (tertiary alicyclic amines) is 1. The Morgan fingerprint density at radius 2 is 2.06 bits per heavy atom. The second-order valence-corrected chi connectivity index (χ2v) is 6.03. The molecule has 0 aromatic rings. The molecule has 0 saturated carbocycles. The Hall–Kier alpha value is -0.570. The van der Waals surface area contributed by atoms with Crippen LogP contribution in [0.5, 0.6) is 0 Å². The van der Waals surface area contributed by atoms with Crippen molar-refractivity contribution in [2.24, 2.45) is 5.41 Å². The third-order valence-electron chi connectivity index (χ3n) is 3.07. The van der Waals surface area contributed by atoms with Gasteiger partial charge in [-0.2, -0.15) is 0 Å². The lowest BCUT2D eigenvalue weighted by Gasteiger charge is -2.37. The molecule has 1 aliphatic rings. The van der Waals surface area contributed by atoms with Crippen molar-refractivity contribution in [2.45, 2.75) is 52.5 Å². The fraction of sp³-hybridized carbons (Fsp3) is 0.923. The smallest absolute Gasteiger partial charge is 0.223 e. The first kappa shape index (κ1) is 13.5. The minimum atomic E-state index is 0.0960. The third-order valence-corrected chi connectivity index (χ3v) is 3.07. The van der Waals surface area contributed by atoms with E-state index in [1.54, 1.807) is 0 Å². The number of hydrogen-bond donors (Lipinski definition) is 1. The van der Waals surface area contributed by atoms with Crippen LogP contribution in [0.3, 0.4) is 0 Å². The average Bonchev–Trinajstić information content (AvgIpc) is 2.16. The summed E-state index contributed by atoms with van der Waals surface area (Å²) in [6.45, 7) is 8.25. The number of carbonyl (C=O) groups excluding carboxylic acids is 1. The summed E-state index contributed by atoms with van der Waals surface area (Å²) in [5.74, 6) is 0.326. The van der Waals surface area contributed by atoms with Gasteiger partial charge in [0.15, 0.2) is 0 Å². The Bertz CT molecular complexity index is 231. The highest BCUT2D eigenvalue weighted by atomic mass is 16.2. The molecule has 0 radical (unpaired) electrons. The van der Waals surface area contributed by atoms with E-state index in [0.29, 0.717) is 18.4 Å². The molecule has 1 heterocycles. The largest absolute Gasteiger partial charge is 0.338 e. The van der Waals surface area contributed by atoms with Gasteiger partial charge in [-0.05, 0) is 31.7 Å². The lowest BCUT2D eigenvalue weighted by molar-refractivity contribution is -0.136. The summed E-state index contributed by atoms with van der Waals surface area (Å²) >= 11 is 0. The van der Waals surface area contributed by atoms with E-state index in [-0.39, 0.29) is 5.41 Å². The van der Waals surface area contributed by atoms with Crippen molar-refractivity contribution in [3.8, 4) is 0 Å². The fourth-order valence-electron chi connectivity index (χ4n) is 2.33. The fourth-order valence-corrected chi connectivity index (χ4v) is 2.33. The van der Waals surface area contributed by atoms with Crippen molar-refractivity contribution in [1.82, 2.24) is 10.2 Å². The maximum absolute atomic E-state index is 12.2. The standard InChI is InChI=1S/C13H26N2O/c1-13(2,3)9-12(16)15-8-6-5-7-11(15)10-14-4/h11,14H,5-10H2,1-4H3. The highest BCUT2D eigenvalue weighted by Gasteiger charge is 2.28. The predicted octanol–water partition coefficient (Wildman–Crippen LogP) is 2.02. The Balaban J connectivity index is 2.57. The summed E-state index contributed by atoms with van der Waals surface area (Å²) in [7, 11) is 1.96. The molecule has 1 rings (SSSR count). The number of likely N-dealkylation sites (N-methyl/N-ethyl adjacent to an activating group) is 1. The van der Waals surface area contributed by atoms with Crippen molar-refractivity contribution in [3.05, 3.63) is 0 Å². The van der Waals surface area contributed by atoms with Crippen LogP contribution in [0.2, 0.25) is 0 Å². The zero-order valence-electron chi connectivity index (χ0n) is 11.2. The van der Waals surface area contributed by atoms with E-state index in [0.717, 1.165) is 25.9 Å². The Kier molecular flexibility index (Phi) is 4.78. The molecule has 1 fully saturated rings. The van der Waals surface area contributed by atoms with Crippen LogP contribution in [0.15, 0.2) is 0 Å². The molecule has 1 aliphatic heterocycles. The van der Waals surface area contributed by atoms with Crippen LogP contribution in [0.4, 0.5) is 0 Å². The lowest BCUT2D eigenvalue weighted by Crippen LogP contribution is -2.48. The summed E-state index contributed by atoms with van der Waals surface area (Å²) in [6, 6.07) is 0.411. The van der Waals surface area contributed by atoms with Crippen LogP contribution in [0.1, 0.15) is 46.5 Å². The molecule has 94 valence electrons. The van der Waals surface area contributed by atoms with E-state index in [9.17, 15) is 4.79 Å². The van der Waals surface area contributed by atoms with Crippen molar-refractivity contribution >= 4 is 5.91 Å². The number of hydrogen-bond acceptors (Lipinski definition) is 2. The minimum absolute atomic E-state index is 0.0960. The van der Waals surface area contributed by atoms with E-state index in [1.165, 1.54) is 6.42 Å². The number of nitrogens with zero attached hydrogens (tertiary/aromatic N) is 1. The minimum Gasteiger partial charge on any atom is -0.338 e. The molecule has 1 atom stereocenters. The van der Waals surface area contributed by atoms with Gasteiger partial charge in [0, 0.05) is 25.6 Å². The maximum atomic E-state index is 12.2. The monoisotopic (exact) mass is 226 g/mol. The van der Waals surface area contributed by atoms with Gasteiger partial charge in [0.1, 0.15) is 0 Å². The topological polar surface area (TPSA) is 32.3 Å². The van der Waals surface area contributed by atoms with E-state index in [1.807, 2.05) is 7.05 Å². The molecular formula is C13H26N2O. The molecule has 0 spiro atoms.